The summed E-state index contributed by atoms with van der Waals surface area (Å²) in [6, 6.07) is 9.84. The first-order valence-corrected chi connectivity index (χ1v) is 6.20. The van der Waals surface area contributed by atoms with E-state index in [9.17, 15) is 4.79 Å². The molecule has 2 atom stereocenters. The van der Waals surface area contributed by atoms with Crippen LogP contribution >= 0.6 is 0 Å². The molecule has 0 aliphatic rings. The van der Waals surface area contributed by atoms with Crippen LogP contribution in [-0.2, 0) is 0 Å². The lowest BCUT2D eigenvalue weighted by atomic mass is 9.85. The van der Waals surface area contributed by atoms with Crippen LogP contribution < -0.4 is 0 Å². The number of Topliss-reactive ketones (excluding diaryl/α,β-unsaturated/α-hetero) is 1. The van der Waals surface area contributed by atoms with Gasteiger partial charge in [-0.05, 0) is 20.0 Å². The maximum absolute atomic E-state index is 12.4. The van der Waals surface area contributed by atoms with Crippen LogP contribution in [-0.4, -0.2) is 30.8 Å². The fourth-order valence-electron chi connectivity index (χ4n) is 2.64. The zero-order chi connectivity index (χ0) is 13.0. The van der Waals surface area contributed by atoms with Crippen LogP contribution in [0.2, 0.25) is 0 Å². The van der Waals surface area contributed by atoms with Crippen LogP contribution in [0, 0.1) is 11.8 Å². The predicted octanol–water partition coefficient (Wildman–Crippen LogP) is 3.09. The summed E-state index contributed by atoms with van der Waals surface area (Å²) < 4.78 is 0. The molecule has 0 aliphatic heterocycles. The fourth-order valence-corrected chi connectivity index (χ4v) is 2.64. The molecule has 0 N–H and O–H groups in total. The Morgan fingerprint density at radius 2 is 1.59 bits per heavy atom. The average Bonchev–Trinajstić information content (AvgIpc) is 2.28. The molecule has 2 unspecified atom stereocenters. The van der Waals surface area contributed by atoms with Crippen molar-refractivity contribution >= 4 is 5.78 Å². The molecule has 1 rings (SSSR count). The molecule has 0 heterocycles. The number of benzene rings is 1. The number of carbonyl (C=O) groups excluding carboxylic acids is 1. The maximum Gasteiger partial charge on any atom is 0.167 e. The molecule has 2 heteroatoms. The Morgan fingerprint density at radius 1 is 1.06 bits per heavy atom. The van der Waals surface area contributed by atoms with Crippen LogP contribution in [0.5, 0.6) is 0 Å². The summed E-state index contributed by atoms with van der Waals surface area (Å²) in [5.74, 6) is 0.720. The van der Waals surface area contributed by atoms with E-state index in [1.807, 2.05) is 51.4 Å². The smallest absolute Gasteiger partial charge is 0.167 e. The Labute approximate surface area is 105 Å². The standard InChI is InChI=1S/C15H23NO/c1-11(2)14(16(4)5)12(3)15(17)13-9-7-6-8-10-13/h6-12,14H,1-5H3. The van der Waals surface area contributed by atoms with Crippen LogP contribution in [0.25, 0.3) is 0 Å². The molecule has 0 radical (unpaired) electrons. The summed E-state index contributed by atoms with van der Waals surface area (Å²) in [4.78, 5) is 14.5. The van der Waals surface area contributed by atoms with Gasteiger partial charge in [-0.1, -0.05) is 51.1 Å². The molecular weight excluding hydrogens is 210 g/mol. The summed E-state index contributed by atoms with van der Waals surface area (Å²) in [6.07, 6.45) is 0. The van der Waals surface area contributed by atoms with E-state index in [4.69, 9.17) is 0 Å². The minimum absolute atomic E-state index is 0.0207. The van der Waals surface area contributed by atoms with Crippen molar-refractivity contribution in [3.8, 4) is 0 Å². The van der Waals surface area contributed by atoms with Crippen molar-refractivity contribution in [2.75, 3.05) is 14.1 Å². The minimum atomic E-state index is 0.0207. The lowest BCUT2D eigenvalue weighted by Crippen LogP contribution is -2.41. The summed E-state index contributed by atoms with van der Waals surface area (Å²) in [5.41, 5.74) is 0.813. The molecule has 0 aromatic heterocycles. The van der Waals surface area contributed by atoms with E-state index in [0.29, 0.717) is 5.92 Å². The number of carbonyl (C=O) groups is 1. The van der Waals surface area contributed by atoms with Crippen molar-refractivity contribution in [1.82, 2.24) is 4.90 Å². The van der Waals surface area contributed by atoms with Gasteiger partial charge in [-0.2, -0.15) is 0 Å². The Hall–Kier alpha value is -1.15. The molecule has 0 saturated carbocycles. The number of rotatable bonds is 5. The molecule has 0 saturated heterocycles. The number of nitrogens with zero attached hydrogens (tertiary/aromatic N) is 1. The number of hydrogen-bond acceptors (Lipinski definition) is 2. The summed E-state index contributed by atoms with van der Waals surface area (Å²) >= 11 is 0. The van der Waals surface area contributed by atoms with Gasteiger partial charge in [-0.15, -0.1) is 0 Å². The Morgan fingerprint density at radius 3 is 2.00 bits per heavy atom. The van der Waals surface area contributed by atoms with Gasteiger partial charge in [0.05, 0.1) is 0 Å². The first-order valence-electron chi connectivity index (χ1n) is 6.20. The third-order valence-corrected chi connectivity index (χ3v) is 3.26. The van der Waals surface area contributed by atoms with E-state index < -0.39 is 0 Å². The second-order valence-electron chi connectivity index (χ2n) is 5.22. The van der Waals surface area contributed by atoms with Crippen LogP contribution in [0.4, 0.5) is 0 Å². The van der Waals surface area contributed by atoms with Crippen molar-refractivity contribution < 1.29 is 4.79 Å². The van der Waals surface area contributed by atoms with Gasteiger partial charge in [-0.25, -0.2) is 0 Å². The van der Waals surface area contributed by atoms with Gasteiger partial charge < -0.3 is 4.90 Å². The zero-order valence-corrected chi connectivity index (χ0v) is 11.5. The monoisotopic (exact) mass is 233 g/mol. The van der Waals surface area contributed by atoms with Gasteiger partial charge in [0.1, 0.15) is 0 Å². The van der Waals surface area contributed by atoms with Crippen molar-refractivity contribution in [3.63, 3.8) is 0 Å². The lowest BCUT2D eigenvalue weighted by Gasteiger charge is -2.32. The van der Waals surface area contributed by atoms with Gasteiger partial charge in [0, 0.05) is 17.5 Å². The van der Waals surface area contributed by atoms with Gasteiger partial charge >= 0.3 is 0 Å². The third kappa shape index (κ3) is 3.40. The zero-order valence-electron chi connectivity index (χ0n) is 11.5. The largest absolute Gasteiger partial charge is 0.305 e. The second-order valence-corrected chi connectivity index (χ2v) is 5.22. The highest BCUT2D eigenvalue weighted by molar-refractivity contribution is 5.98. The molecular formula is C15H23NO. The highest BCUT2D eigenvalue weighted by Crippen LogP contribution is 2.21. The molecule has 0 aliphatic carbocycles. The molecule has 0 amide bonds. The van der Waals surface area contributed by atoms with Crippen LogP contribution in [0.15, 0.2) is 30.3 Å². The fraction of sp³-hybridized carbons (Fsp3) is 0.533. The van der Waals surface area contributed by atoms with E-state index >= 15 is 0 Å². The molecule has 1 aromatic carbocycles. The van der Waals surface area contributed by atoms with E-state index in [1.54, 1.807) is 0 Å². The minimum Gasteiger partial charge on any atom is -0.305 e. The summed E-state index contributed by atoms with van der Waals surface area (Å²) in [7, 11) is 4.08. The topological polar surface area (TPSA) is 20.3 Å². The Kier molecular flexibility index (Phi) is 4.88. The highest BCUT2D eigenvalue weighted by atomic mass is 16.1. The first kappa shape index (κ1) is 13.9. The highest BCUT2D eigenvalue weighted by Gasteiger charge is 2.28. The van der Waals surface area contributed by atoms with Gasteiger partial charge in [0.15, 0.2) is 5.78 Å². The third-order valence-electron chi connectivity index (χ3n) is 3.26. The predicted molar refractivity (Wildman–Crippen MR) is 72.2 cm³/mol. The molecule has 1 aromatic rings. The molecule has 0 fully saturated rings. The SMILES string of the molecule is CC(C)C(C(C)C(=O)c1ccccc1)N(C)C. The van der Waals surface area contributed by atoms with Crippen molar-refractivity contribution in [3.05, 3.63) is 35.9 Å². The van der Waals surface area contributed by atoms with E-state index in [0.717, 1.165) is 5.56 Å². The number of hydrogen-bond donors (Lipinski definition) is 0. The van der Waals surface area contributed by atoms with E-state index in [-0.39, 0.29) is 17.7 Å². The van der Waals surface area contributed by atoms with E-state index in [1.165, 1.54) is 0 Å². The van der Waals surface area contributed by atoms with Gasteiger partial charge in [0.25, 0.3) is 0 Å². The van der Waals surface area contributed by atoms with E-state index in [2.05, 4.69) is 18.7 Å². The molecule has 2 nitrogen and oxygen atoms in total. The van der Waals surface area contributed by atoms with Crippen LogP contribution in [0.3, 0.4) is 0 Å². The Balaban J connectivity index is 2.89. The quantitative estimate of drug-likeness (QED) is 0.728. The molecule has 94 valence electrons. The van der Waals surface area contributed by atoms with Gasteiger partial charge in [-0.3, -0.25) is 4.79 Å². The van der Waals surface area contributed by atoms with Crippen molar-refractivity contribution in [1.29, 1.82) is 0 Å². The molecule has 0 bridgehead atoms. The first-order chi connectivity index (χ1) is 7.95. The second kappa shape index (κ2) is 5.97. The molecule has 0 spiro atoms. The number of ketones is 1. The molecule has 17 heavy (non-hydrogen) atoms. The Bertz CT molecular complexity index is 348. The van der Waals surface area contributed by atoms with Crippen molar-refractivity contribution in [2.24, 2.45) is 11.8 Å². The van der Waals surface area contributed by atoms with Crippen LogP contribution in [0.1, 0.15) is 31.1 Å². The summed E-state index contributed by atoms with van der Waals surface area (Å²) in [6.45, 7) is 6.36. The normalized spacial score (nSPS) is 15.0. The maximum atomic E-state index is 12.4. The lowest BCUT2D eigenvalue weighted by molar-refractivity contribution is 0.0804. The van der Waals surface area contributed by atoms with Crippen molar-refractivity contribution in [2.45, 2.75) is 26.8 Å². The average molecular weight is 233 g/mol. The van der Waals surface area contributed by atoms with Gasteiger partial charge in [0.2, 0.25) is 0 Å². The summed E-state index contributed by atoms with van der Waals surface area (Å²) in [5, 5.41) is 0.